The van der Waals surface area contributed by atoms with Crippen molar-refractivity contribution in [2.45, 2.75) is 231 Å². The Morgan fingerprint density at radius 3 is 0.667 bits per heavy atom. The van der Waals surface area contributed by atoms with Crippen LogP contribution in [0.4, 0.5) is 0 Å². The summed E-state index contributed by atoms with van der Waals surface area (Å²) in [6.45, 7) is 0. The maximum atomic E-state index is 10.9. The lowest BCUT2D eigenvalue weighted by Gasteiger charge is -2.05. The number of hydroxylamine groups is 1. The summed E-state index contributed by atoms with van der Waals surface area (Å²) >= 11 is 2.50. The molecule has 0 aromatic carbocycles. The third-order valence-corrected chi connectivity index (χ3v) is 9.92. The fourth-order valence-corrected chi connectivity index (χ4v) is 6.81. The summed E-state index contributed by atoms with van der Waals surface area (Å²) in [7, 11) is 0. The predicted molar refractivity (Wildman–Crippen MR) is 195 cm³/mol. The van der Waals surface area contributed by atoms with Crippen LogP contribution in [0, 0.1) is 0 Å². The number of carbonyl (C=O) groups excluding carboxylic acids is 1. The molecular formula is C38H76INO2. The van der Waals surface area contributed by atoms with Gasteiger partial charge in [0.2, 0.25) is 5.91 Å². The van der Waals surface area contributed by atoms with Crippen molar-refractivity contribution in [1.82, 2.24) is 5.48 Å². The zero-order valence-electron chi connectivity index (χ0n) is 28.4. The summed E-state index contributed by atoms with van der Waals surface area (Å²) in [5.41, 5.74) is 1.70. The molecule has 0 aromatic heterocycles. The standard InChI is InChI=1S/C38H76INO2/c39-37-35-33-31-29-27-25-23-21-19-17-15-13-11-9-7-5-3-1-2-4-6-8-10-12-14-16-18-20-22-24-26-28-30-32-34-36-38(41)40-42/h42H,1-37H2,(H,40,41). The van der Waals surface area contributed by atoms with Gasteiger partial charge in [-0.15, -0.1) is 0 Å². The second-order valence-corrected chi connectivity index (χ2v) is 14.4. The molecule has 42 heavy (non-hydrogen) atoms. The van der Waals surface area contributed by atoms with Gasteiger partial charge >= 0.3 is 0 Å². The van der Waals surface area contributed by atoms with E-state index in [0.29, 0.717) is 6.42 Å². The molecule has 4 heteroatoms. The highest BCUT2D eigenvalue weighted by atomic mass is 127. The van der Waals surface area contributed by atoms with Gasteiger partial charge < -0.3 is 0 Å². The van der Waals surface area contributed by atoms with Crippen LogP contribution in [0.2, 0.25) is 0 Å². The van der Waals surface area contributed by atoms with Crippen LogP contribution in [0.15, 0.2) is 0 Å². The van der Waals surface area contributed by atoms with Crippen molar-refractivity contribution in [3.63, 3.8) is 0 Å². The van der Waals surface area contributed by atoms with Gasteiger partial charge in [-0.3, -0.25) is 10.0 Å². The summed E-state index contributed by atoms with van der Waals surface area (Å²) in [5, 5.41) is 8.46. The van der Waals surface area contributed by atoms with Crippen molar-refractivity contribution in [1.29, 1.82) is 0 Å². The van der Waals surface area contributed by atoms with Gasteiger partial charge in [-0.05, 0) is 17.3 Å². The molecule has 0 bridgehead atoms. The Hall–Kier alpha value is 0.160. The lowest BCUT2D eigenvalue weighted by atomic mass is 10.0. The monoisotopic (exact) mass is 705 g/mol. The topological polar surface area (TPSA) is 49.3 Å². The first-order valence-electron chi connectivity index (χ1n) is 19.3. The Morgan fingerprint density at radius 1 is 0.333 bits per heavy atom. The molecule has 0 aliphatic rings. The first-order chi connectivity index (χ1) is 20.8. The van der Waals surface area contributed by atoms with Gasteiger partial charge in [0.05, 0.1) is 0 Å². The van der Waals surface area contributed by atoms with E-state index >= 15 is 0 Å². The smallest absolute Gasteiger partial charge is 0.243 e. The van der Waals surface area contributed by atoms with Crippen LogP contribution in [0.25, 0.3) is 0 Å². The number of hydrogen-bond acceptors (Lipinski definition) is 2. The molecule has 252 valence electrons. The lowest BCUT2D eigenvalue weighted by molar-refractivity contribution is -0.129. The third kappa shape index (κ3) is 38.2. The van der Waals surface area contributed by atoms with Crippen LogP contribution in [-0.2, 0) is 4.79 Å². The molecule has 0 atom stereocenters. The van der Waals surface area contributed by atoms with Gasteiger partial charge in [0, 0.05) is 6.42 Å². The van der Waals surface area contributed by atoms with Crippen LogP contribution in [0.1, 0.15) is 231 Å². The molecule has 1 amide bonds. The SMILES string of the molecule is O=C(CCCCCCCCCCCCCCCCCCCCCCCCCCCCCCCCCCCCCI)NO. The molecule has 0 fully saturated rings. The Morgan fingerprint density at radius 2 is 0.500 bits per heavy atom. The molecule has 3 nitrogen and oxygen atoms in total. The molecule has 2 N–H and O–H groups in total. The molecule has 0 radical (unpaired) electrons. The summed E-state index contributed by atoms with van der Waals surface area (Å²) in [6, 6.07) is 0. The summed E-state index contributed by atoms with van der Waals surface area (Å²) in [4.78, 5) is 10.9. The van der Waals surface area contributed by atoms with Crippen molar-refractivity contribution < 1.29 is 10.0 Å². The van der Waals surface area contributed by atoms with Crippen LogP contribution >= 0.6 is 22.6 Å². The van der Waals surface area contributed by atoms with E-state index in [1.54, 1.807) is 5.48 Å². The minimum absolute atomic E-state index is 0.254. The first kappa shape index (κ1) is 42.2. The molecule has 0 saturated heterocycles. The lowest BCUT2D eigenvalue weighted by Crippen LogP contribution is -2.17. The molecular weight excluding hydrogens is 629 g/mol. The molecule has 0 heterocycles. The maximum Gasteiger partial charge on any atom is 0.243 e. The van der Waals surface area contributed by atoms with Crippen molar-refractivity contribution in [2.24, 2.45) is 0 Å². The van der Waals surface area contributed by atoms with Gasteiger partial charge in [0.15, 0.2) is 0 Å². The average molecular weight is 706 g/mol. The van der Waals surface area contributed by atoms with Crippen LogP contribution < -0.4 is 5.48 Å². The zero-order chi connectivity index (χ0) is 30.4. The van der Waals surface area contributed by atoms with Crippen LogP contribution in [0.3, 0.4) is 0 Å². The predicted octanol–water partition coefficient (Wildman–Crippen LogP) is 14.0. The minimum atomic E-state index is -0.254. The van der Waals surface area contributed by atoms with Crippen LogP contribution in [0.5, 0.6) is 0 Å². The Balaban J connectivity index is 3.04. The molecule has 0 saturated carbocycles. The number of hydrogen-bond donors (Lipinski definition) is 2. The highest BCUT2D eigenvalue weighted by Gasteiger charge is 1.99. The van der Waals surface area contributed by atoms with Gasteiger partial charge in [-0.1, -0.05) is 234 Å². The third-order valence-electron chi connectivity index (χ3n) is 9.16. The van der Waals surface area contributed by atoms with E-state index in [9.17, 15) is 4.79 Å². The number of unbranched alkanes of at least 4 members (excludes halogenated alkanes) is 34. The molecule has 0 aromatic rings. The van der Waals surface area contributed by atoms with E-state index in [0.717, 1.165) is 12.8 Å². The Bertz CT molecular complexity index is 501. The summed E-state index contributed by atoms with van der Waals surface area (Å²) < 4.78 is 1.34. The minimum Gasteiger partial charge on any atom is -0.289 e. The highest BCUT2D eigenvalue weighted by Crippen LogP contribution is 2.17. The Kier molecular flexibility index (Phi) is 39.3. The fraction of sp³-hybridized carbons (Fsp3) is 0.974. The molecule has 0 unspecified atom stereocenters. The normalized spacial score (nSPS) is 11.4. The molecule has 0 aliphatic carbocycles. The van der Waals surface area contributed by atoms with Crippen molar-refractivity contribution >= 4 is 28.5 Å². The largest absolute Gasteiger partial charge is 0.289 e. The summed E-state index contributed by atoms with van der Waals surface area (Å²) in [5.74, 6) is -0.254. The molecule has 0 aliphatic heterocycles. The molecule has 0 spiro atoms. The van der Waals surface area contributed by atoms with Gasteiger partial charge in [0.25, 0.3) is 0 Å². The number of alkyl halides is 1. The number of halogens is 1. The second-order valence-electron chi connectivity index (χ2n) is 13.3. The van der Waals surface area contributed by atoms with E-state index < -0.39 is 0 Å². The second kappa shape index (κ2) is 39.2. The van der Waals surface area contributed by atoms with E-state index in [1.807, 2.05) is 0 Å². The highest BCUT2D eigenvalue weighted by molar-refractivity contribution is 14.1. The van der Waals surface area contributed by atoms with E-state index in [2.05, 4.69) is 22.6 Å². The van der Waals surface area contributed by atoms with Crippen molar-refractivity contribution in [3.8, 4) is 0 Å². The van der Waals surface area contributed by atoms with Gasteiger partial charge in [-0.2, -0.15) is 0 Å². The van der Waals surface area contributed by atoms with E-state index in [4.69, 9.17) is 5.21 Å². The number of amides is 1. The van der Waals surface area contributed by atoms with Crippen molar-refractivity contribution in [2.75, 3.05) is 4.43 Å². The van der Waals surface area contributed by atoms with E-state index in [-0.39, 0.29) is 5.91 Å². The van der Waals surface area contributed by atoms with Crippen molar-refractivity contribution in [3.05, 3.63) is 0 Å². The first-order valence-corrected chi connectivity index (χ1v) is 20.8. The quantitative estimate of drug-likeness (QED) is 0.0222. The van der Waals surface area contributed by atoms with Gasteiger partial charge in [0.1, 0.15) is 0 Å². The number of carbonyl (C=O) groups is 1. The number of nitrogens with one attached hydrogen (secondary N) is 1. The molecule has 0 rings (SSSR count). The summed E-state index contributed by atoms with van der Waals surface area (Å²) in [6.07, 6.45) is 50.1. The Labute approximate surface area is 278 Å². The zero-order valence-corrected chi connectivity index (χ0v) is 30.6. The van der Waals surface area contributed by atoms with Crippen LogP contribution in [-0.4, -0.2) is 15.5 Å². The van der Waals surface area contributed by atoms with Gasteiger partial charge in [-0.25, -0.2) is 5.48 Å². The fourth-order valence-electron chi connectivity index (χ4n) is 6.27. The number of rotatable bonds is 37. The average Bonchev–Trinajstić information content (AvgIpc) is 3.00. The maximum absolute atomic E-state index is 10.9. The van der Waals surface area contributed by atoms with E-state index in [1.165, 1.54) is 216 Å².